The van der Waals surface area contributed by atoms with Crippen LogP contribution in [0.3, 0.4) is 0 Å². The highest BCUT2D eigenvalue weighted by Crippen LogP contribution is 2.28. The van der Waals surface area contributed by atoms with Gasteiger partial charge in [-0.05, 0) is 61.5 Å². The first kappa shape index (κ1) is 25.1. The van der Waals surface area contributed by atoms with Gasteiger partial charge in [0.05, 0.1) is 10.6 Å². The zero-order valence-corrected chi connectivity index (χ0v) is 19.8. The molecule has 0 saturated carbocycles. The van der Waals surface area contributed by atoms with Crippen LogP contribution in [-0.2, 0) is 20.4 Å². The minimum Gasteiger partial charge on any atom is -0.303 e. The summed E-state index contributed by atoms with van der Waals surface area (Å²) in [6.45, 7) is 9.03. The van der Waals surface area contributed by atoms with E-state index in [1.807, 2.05) is 19.1 Å². The Balaban J connectivity index is 2.31. The van der Waals surface area contributed by atoms with Gasteiger partial charge in [-0.2, -0.15) is 0 Å². The number of rotatable bonds is 11. The van der Waals surface area contributed by atoms with Crippen molar-refractivity contribution in [1.29, 1.82) is 0 Å². The number of hydrogen-bond donors (Lipinski definition) is 2. The van der Waals surface area contributed by atoms with E-state index in [1.54, 1.807) is 47.6 Å². The lowest BCUT2D eigenvalue weighted by molar-refractivity contribution is -0.124. The maximum Gasteiger partial charge on any atom is 0.267 e. The van der Waals surface area contributed by atoms with Gasteiger partial charge < -0.3 is 4.90 Å². The summed E-state index contributed by atoms with van der Waals surface area (Å²) in [5.74, 6) is 0.0744. The van der Waals surface area contributed by atoms with E-state index >= 15 is 0 Å². The first-order valence-corrected chi connectivity index (χ1v) is 12.8. The van der Waals surface area contributed by atoms with Crippen molar-refractivity contribution in [3.63, 3.8) is 0 Å². The molecule has 2 aromatic carbocycles. The number of aryl methyl sites for hydroxylation is 1. The summed E-state index contributed by atoms with van der Waals surface area (Å²) in [4.78, 5) is 14.8. The summed E-state index contributed by atoms with van der Waals surface area (Å²) in [5, 5.41) is 8.66. The number of sulfone groups is 1. The second-order valence-electron chi connectivity index (χ2n) is 7.12. The van der Waals surface area contributed by atoms with Crippen molar-refractivity contribution >= 4 is 33.6 Å². The fraction of sp³-hybridized carbons (Fsp3) is 0.348. The number of nitrogens with zero attached hydrogens (tertiary/aromatic N) is 1. The fourth-order valence-corrected chi connectivity index (χ4v) is 5.53. The van der Waals surface area contributed by atoms with Gasteiger partial charge in [0.2, 0.25) is 0 Å². The lowest BCUT2D eigenvalue weighted by Gasteiger charge is -2.18. The van der Waals surface area contributed by atoms with Gasteiger partial charge in [-0.25, -0.2) is 13.9 Å². The molecule has 0 aliphatic heterocycles. The standard InChI is InChI=1S/C23H30N2O4S2/c1-4-25(5-2)14-15-30-22-12-8-19(9-13-23(26)24-27)16-20(22)17-31(28,29)21-10-6-18(3)7-11-21/h6-13,16,27H,4-5,14-15,17H2,1-3H3,(H,24,26)/b13-9+. The normalized spacial score (nSPS) is 11.9. The summed E-state index contributed by atoms with van der Waals surface area (Å²) < 4.78 is 26.1. The van der Waals surface area contributed by atoms with Crippen molar-refractivity contribution in [2.75, 3.05) is 25.4 Å². The molecule has 0 heterocycles. The molecule has 0 saturated heterocycles. The van der Waals surface area contributed by atoms with Crippen LogP contribution in [0.15, 0.2) is 58.3 Å². The molecular formula is C23H30N2O4S2. The topological polar surface area (TPSA) is 86.7 Å². The van der Waals surface area contributed by atoms with E-state index in [1.165, 1.54) is 12.2 Å². The summed E-state index contributed by atoms with van der Waals surface area (Å²) in [7, 11) is -3.52. The quantitative estimate of drug-likeness (QED) is 0.228. The highest BCUT2D eigenvalue weighted by atomic mass is 32.2. The highest BCUT2D eigenvalue weighted by molar-refractivity contribution is 7.99. The van der Waals surface area contributed by atoms with E-state index in [4.69, 9.17) is 5.21 Å². The number of benzene rings is 2. The Kier molecular flexibility index (Phi) is 9.77. The Hall–Kier alpha value is -2.13. The molecule has 0 unspecified atom stereocenters. The van der Waals surface area contributed by atoms with Gasteiger partial charge >= 0.3 is 0 Å². The Morgan fingerprint density at radius 3 is 2.42 bits per heavy atom. The Morgan fingerprint density at radius 1 is 1.13 bits per heavy atom. The molecule has 0 atom stereocenters. The monoisotopic (exact) mass is 462 g/mol. The third kappa shape index (κ3) is 7.81. The largest absolute Gasteiger partial charge is 0.303 e. The Morgan fingerprint density at radius 2 is 1.81 bits per heavy atom. The number of carbonyl (C=O) groups is 1. The second-order valence-corrected chi connectivity index (χ2v) is 10.3. The van der Waals surface area contributed by atoms with Gasteiger partial charge in [-0.15, -0.1) is 11.8 Å². The first-order valence-electron chi connectivity index (χ1n) is 10.2. The zero-order valence-electron chi connectivity index (χ0n) is 18.2. The van der Waals surface area contributed by atoms with E-state index in [2.05, 4.69) is 18.7 Å². The van der Waals surface area contributed by atoms with Gasteiger partial charge in [0.15, 0.2) is 9.84 Å². The minimum atomic E-state index is -3.52. The fourth-order valence-electron chi connectivity index (χ4n) is 3.02. The average molecular weight is 463 g/mol. The SMILES string of the molecule is CCN(CC)CCSc1ccc(/C=C/C(=O)NO)cc1CS(=O)(=O)c1ccc(C)cc1. The molecule has 168 valence electrons. The molecule has 0 fully saturated rings. The van der Waals surface area contributed by atoms with Crippen LogP contribution in [-0.4, -0.2) is 49.8 Å². The van der Waals surface area contributed by atoms with Crippen molar-refractivity contribution < 1.29 is 18.4 Å². The number of carbonyl (C=O) groups excluding carboxylic acids is 1. The molecule has 6 nitrogen and oxygen atoms in total. The van der Waals surface area contributed by atoms with Gasteiger partial charge in [0, 0.05) is 23.3 Å². The second kappa shape index (κ2) is 12.0. The molecule has 8 heteroatoms. The minimum absolute atomic E-state index is 0.127. The molecule has 0 spiro atoms. The summed E-state index contributed by atoms with van der Waals surface area (Å²) in [6.07, 6.45) is 2.73. The molecule has 0 radical (unpaired) electrons. The van der Waals surface area contributed by atoms with Crippen molar-refractivity contribution in [2.45, 2.75) is 36.3 Å². The third-order valence-corrected chi connectivity index (χ3v) is 7.68. The molecule has 31 heavy (non-hydrogen) atoms. The maximum atomic E-state index is 13.0. The predicted molar refractivity (Wildman–Crippen MR) is 126 cm³/mol. The van der Waals surface area contributed by atoms with Crippen LogP contribution >= 0.6 is 11.8 Å². The van der Waals surface area contributed by atoms with Crippen LogP contribution in [0.4, 0.5) is 0 Å². The number of hydroxylamine groups is 1. The molecule has 0 aliphatic rings. The van der Waals surface area contributed by atoms with Gasteiger partial charge in [-0.3, -0.25) is 10.0 Å². The predicted octanol–water partition coefficient (Wildman–Crippen LogP) is 3.92. The van der Waals surface area contributed by atoms with Crippen molar-refractivity contribution in [3.8, 4) is 0 Å². The Labute approximate surface area is 189 Å². The lowest BCUT2D eigenvalue weighted by Crippen LogP contribution is -2.25. The van der Waals surface area contributed by atoms with E-state index in [0.717, 1.165) is 35.8 Å². The molecule has 2 rings (SSSR count). The molecular weight excluding hydrogens is 432 g/mol. The van der Waals surface area contributed by atoms with Crippen LogP contribution in [0.2, 0.25) is 0 Å². The number of hydrogen-bond acceptors (Lipinski definition) is 6. The Bertz CT molecular complexity index is 999. The number of nitrogens with one attached hydrogen (secondary N) is 1. The van der Waals surface area contributed by atoms with Gasteiger partial charge in [0.1, 0.15) is 0 Å². The smallest absolute Gasteiger partial charge is 0.267 e. The number of thioether (sulfide) groups is 1. The van der Waals surface area contributed by atoms with Crippen LogP contribution < -0.4 is 5.48 Å². The van der Waals surface area contributed by atoms with E-state index in [0.29, 0.717) is 11.1 Å². The lowest BCUT2D eigenvalue weighted by atomic mass is 10.1. The molecule has 2 aromatic rings. The highest BCUT2D eigenvalue weighted by Gasteiger charge is 2.18. The van der Waals surface area contributed by atoms with Crippen LogP contribution in [0.5, 0.6) is 0 Å². The van der Waals surface area contributed by atoms with Crippen molar-refractivity contribution in [2.24, 2.45) is 0 Å². The first-order chi connectivity index (χ1) is 14.8. The molecule has 0 bridgehead atoms. The molecule has 0 aromatic heterocycles. The summed E-state index contributed by atoms with van der Waals surface area (Å²) in [5.41, 5.74) is 3.92. The molecule has 2 N–H and O–H groups in total. The van der Waals surface area contributed by atoms with Gasteiger partial charge in [0.25, 0.3) is 5.91 Å². The van der Waals surface area contributed by atoms with E-state index in [9.17, 15) is 13.2 Å². The third-order valence-electron chi connectivity index (χ3n) is 4.91. The van der Waals surface area contributed by atoms with E-state index in [-0.39, 0.29) is 10.6 Å². The molecule has 1 amide bonds. The number of amides is 1. The van der Waals surface area contributed by atoms with Crippen molar-refractivity contribution in [3.05, 3.63) is 65.2 Å². The maximum absolute atomic E-state index is 13.0. The van der Waals surface area contributed by atoms with Crippen LogP contribution in [0.25, 0.3) is 6.08 Å². The van der Waals surface area contributed by atoms with Gasteiger partial charge in [-0.1, -0.05) is 37.6 Å². The summed E-state index contributed by atoms with van der Waals surface area (Å²) >= 11 is 1.63. The van der Waals surface area contributed by atoms with Crippen molar-refractivity contribution in [1.82, 2.24) is 10.4 Å². The average Bonchev–Trinajstić information content (AvgIpc) is 2.76. The van der Waals surface area contributed by atoms with Crippen LogP contribution in [0.1, 0.15) is 30.5 Å². The summed E-state index contributed by atoms with van der Waals surface area (Å²) in [6, 6.07) is 12.4. The van der Waals surface area contributed by atoms with E-state index < -0.39 is 15.7 Å². The van der Waals surface area contributed by atoms with Crippen LogP contribution in [0, 0.1) is 6.92 Å². The molecule has 0 aliphatic carbocycles. The zero-order chi connectivity index (χ0) is 22.9.